The van der Waals surface area contributed by atoms with Gasteiger partial charge >= 0.3 is 6.09 Å². The van der Waals surface area contributed by atoms with Crippen molar-refractivity contribution in [3.63, 3.8) is 0 Å². The van der Waals surface area contributed by atoms with Crippen molar-refractivity contribution in [3.8, 4) is 0 Å². The summed E-state index contributed by atoms with van der Waals surface area (Å²) in [5.41, 5.74) is 3.76. The van der Waals surface area contributed by atoms with Crippen LogP contribution in [0, 0.1) is 6.92 Å². The number of ether oxygens (including phenoxy) is 1. The number of aromatic amines is 1. The zero-order valence-electron chi connectivity index (χ0n) is 12.2. The third-order valence-electron chi connectivity index (χ3n) is 3.89. The molecule has 1 N–H and O–H groups in total. The van der Waals surface area contributed by atoms with Gasteiger partial charge in [-0.1, -0.05) is 0 Å². The molecule has 1 aliphatic rings. The molecule has 0 atom stereocenters. The fourth-order valence-electron chi connectivity index (χ4n) is 2.75. The molecule has 1 aliphatic heterocycles. The van der Waals surface area contributed by atoms with E-state index in [0.717, 1.165) is 22.9 Å². The molecule has 1 aromatic carbocycles. The van der Waals surface area contributed by atoms with E-state index in [2.05, 4.69) is 11.1 Å². The number of fused-ring (bicyclic) bond motifs is 2. The van der Waals surface area contributed by atoms with Crippen LogP contribution < -0.4 is 5.56 Å². The van der Waals surface area contributed by atoms with Crippen LogP contribution in [0.25, 0.3) is 10.9 Å². The highest BCUT2D eigenvalue weighted by atomic mass is 16.6. The van der Waals surface area contributed by atoms with Gasteiger partial charge in [-0.15, -0.1) is 0 Å². The number of H-pyrrole nitrogens is 1. The van der Waals surface area contributed by atoms with Gasteiger partial charge in [0.05, 0.1) is 6.61 Å². The number of nitrogens with one attached hydrogen (secondary N) is 1. The van der Waals surface area contributed by atoms with Gasteiger partial charge in [0.2, 0.25) is 0 Å². The molecule has 1 aromatic heterocycles. The van der Waals surface area contributed by atoms with Gasteiger partial charge < -0.3 is 14.6 Å². The molecule has 2 aromatic rings. The van der Waals surface area contributed by atoms with Crippen LogP contribution in [0.1, 0.15) is 23.6 Å². The van der Waals surface area contributed by atoms with E-state index in [0.29, 0.717) is 25.3 Å². The molecule has 0 radical (unpaired) electrons. The first kappa shape index (κ1) is 13.7. The number of aryl methyl sites for hydroxylation is 1. The molecule has 0 saturated carbocycles. The van der Waals surface area contributed by atoms with E-state index >= 15 is 0 Å². The summed E-state index contributed by atoms with van der Waals surface area (Å²) in [6.07, 6.45) is 0.531. The Bertz CT molecular complexity index is 764. The van der Waals surface area contributed by atoms with E-state index in [9.17, 15) is 9.59 Å². The second-order valence-electron chi connectivity index (χ2n) is 5.36. The molecule has 21 heavy (non-hydrogen) atoms. The predicted molar refractivity (Wildman–Crippen MR) is 80.4 cm³/mol. The number of amides is 1. The van der Waals surface area contributed by atoms with Crippen molar-refractivity contribution in [2.75, 3.05) is 13.2 Å². The molecule has 0 spiro atoms. The molecule has 110 valence electrons. The fraction of sp³-hybridized carbons (Fsp3) is 0.375. The van der Waals surface area contributed by atoms with E-state index in [1.54, 1.807) is 18.7 Å². The number of carbonyl (C=O) groups is 1. The highest BCUT2D eigenvalue weighted by molar-refractivity contribution is 5.81. The van der Waals surface area contributed by atoms with Crippen LogP contribution >= 0.6 is 0 Å². The van der Waals surface area contributed by atoms with Crippen molar-refractivity contribution < 1.29 is 9.53 Å². The average molecular weight is 286 g/mol. The molecule has 0 bridgehead atoms. The van der Waals surface area contributed by atoms with Crippen LogP contribution in [0.15, 0.2) is 23.0 Å². The van der Waals surface area contributed by atoms with E-state index < -0.39 is 0 Å². The SMILES string of the molecule is CCOC(=O)N1CCc2cc3cc(C)c(=O)[nH]c3cc2C1. The van der Waals surface area contributed by atoms with Gasteiger partial charge in [-0.2, -0.15) is 0 Å². The molecular weight excluding hydrogens is 268 g/mol. The maximum atomic E-state index is 11.8. The molecule has 0 unspecified atom stereocenters. The van der Waals surface area contributed by atoms with Gasteiger partial charge in [0, 0.05) is 24.2 Å². The molecule has 1 amide bonds. The molecule has 2 heterocycles. The van der Waals surface area contributed by atoms with E-state index in [-0.39, 0.29) is 11.7 Å². The van der Waals surface area contributed by atoms with E-state index in [1.807, 2.05) is 12.1 Å². The Hall–Kier alpha value is -2.30. The zero-order chi connectivity index (χ0) is 15.0. The number of aromatic nitrogens is 1. The van der Waals surface area contributed by atoms with Crippen molar-refractivity contribution in [2.24, 2.45) is 0 Å². The third-order valence-corrected chi connectivity index (χ3v) is 3.89. The summed E-state index contributed by atoms with van der Waals surface area (Å²) in [6.45, 7) is 5.18. The summed E-state index contributed by atoms with van der Waals surface area (Å²) in [7, 11) is 0. The average Bonchev–Trinajstić information content (AvgIpc) is 2.46. The summed E-state index contributed by atoms with van der Waals surface area (Å²) < 4.78 is 5.05. The van der Waals surface area contributed by atoms with Gasteiger partial charge in [0.25, 0.3) is 5.56 Å². The van der Waals surface area contributed by atoms with Gasteiger partial charge in [0.1, 0.15) is 0 Å². The van der Waals surface area contributed by atoms with Crippen LogP contribution in [0.2, 0.25) is 0 Å². The molecule has 3 rings (SSSR count). The van der Waals surface area contributed by atoms with Gasteiger partial charge in [-0.3, -0.25) is 4.79 Å². The number of pyridine rings is 1. The largest absolute Gasteiger partial charge is 0.450 e. The molecule has 0 saturated heterocycles. The highest BCUT2D eigenvalue weighted by Crippen LogP contribution is 2.24. The van der Waals surface area contributed by atoms with Crippen molar-refractivity contribution >= 4 is 17.0 Å². The second kappa shape index (κ2) is 5.24. The summed E-state index contributed by atoms with van der Waals surface area (Å²) >= 11 is 0. The van der Waals surface area contributed by atoms with Crippen molar-refractivity contribution in [3.05, 3.63) is 45.2 Å². The van der Waals surface area contributed by atoms with Crippen molar-refractivity contribution in [1.29, 1.82) is 0 Å². The summed E-state index contributed by atoms with van der Waals surface area (Å²) in [6, 6.07) is 5.99. The van der Waals surface area contributed by atoms with Crippen LogP contribution in [-0.4, -0.2) is 29.1 Å². The Morgan fingerprint density at radius 2 is 2.14 bits per heavy atom. The van der Waals surface area contributed by atoms with Crippen LogP contribution in [0.5, 0.6) is 0 Å². The lowest BCUT2D eigenvalue weighted by molar-refractivity contribution is 0.102. The molecular formula is C16H18N2O3. The summed E-state index contributed by atoms with van der Waals surface area (Å²) in [4.78, 5) is 28.1. The number of benzene rings is 1. The van der Waals surface area contributed by atoms with Gasteiger partial charge in [0.15, 0.2) is 0 Å². The molecule has 0 aliphatic carbocycles. The number of nitrogens with zero attached hydrogens (tertiary/aromatic N) is 1. The van der Waals surface area contributed by atoms with Crippen molar-refractivity contribution in [1.82, 2.24) is 9.88 Å². The monoisotopic (exact) mass is 286 g/mol. The van der Waals surface area contributed by atoms with Gasteiger partial charge in [-0.05, 0) is 55.0 Å². The zero-order valence-corrected chi connectivity index (χ0v) is 12.2. The predicted octanol–water partition coefficient (Wildman–Crippen LogP) is 2.35. The molecule has 5 heteroatoms. The standard InChI is InChI=1S/C16H18N2O3/c1-3-21-16(20)18-5-4-11-7-12-6-10(2)15(19)17-14(12)8-13(11)9-18/h6-8H,3-5,9H2,1-2H3,(H,17,19). The minimum atomic E-state index is -0.277. The maximum absolute atomic E-state index is 11.8. The Balaban J connectivity index is 1.99. The lowest BCUT2D eigenvalue weighted by Crippen LogP contribution is -2.36. The number of hydrogen-bond acceptors (Lipinski definition) is 3. The Morgan fingerprint density at radius 1 is 1.33 bits per heavy atom. The first-order valence-corrected chi connectivity index (χ1v) is 7.15. The summed E-state index contributed by atoms with van der Waals surface area (Å²) in [5, 5.41) is 1.04. The van der Waals surface area contributed by atoms with Crippen molar-refractivity contribution in [2.45, 2.75) is 26.8 Å². The normalized spacial score (nSPS) is 14.1. The fourth-order valence-corrected chi connectivity index (χ4v) is 2.75. The van der Waals surface area contributed by atoms with Crippen LogP contribution in [0.3, 0.4) is 0 Å². The Kier molecular flexibility index (Phi) is 3.41. The number of rotatable bonds is 1. The smallest absolute Gasteiger partial charge is 0.410 e. The first-order valence-electron chi connectivity index (χ1n) is 7.15. The van der Waals surface area contributed by atoms with E-state index in [1.165, 1.54) is 5.56 Å². The molecule has 5 nitrogen and oxygen atoms in total. The highest BCUT2D eigenvalue weighted by Gasteiger charge is 2.22. The van der Waals surface area contributed by atoms with Crippen LogP contribution in [0.4, 0.5) is 4.79 Å². The number of carbonyl (C=O) groups excluding carboxylic acids is 1. The maximum Gasteiger partial charge on any atom is 0.410 e. The third kappa shape index (κ3) is 2.51. The number of hydrogen-bond donors (Lipinski definition) is 1. The second-order valence-corrected chi connectivity index (χ2v) is 5.36. The molecule has 0 fully saturated rings. The Labute approximate surface area is 122 Å². The van der Waals surface area contributed by atoms with Crippen LogP contribution in [-0.2, 0) is 17.7 Å². The lowest BCUT2D eigenvalue weighted by Gasteiger charge is -2.28. The minimum Gasteiger partial charge on any atom is -0.450 e. The topological polar surface area (TPSA) is 62.4 Å². The quantitative estimate of drug-likeness (QED) is 0.875. The lowest BCUT2D eigenvalue weighted by atomic mass is 9.97. The Morgan fingerprint density at radius 3 is 2.90 bits per heavy atom. The van der Waals surface area contributed by atoms with Gasteiger partial charge in [-0.25, -0.2) is 4.79 Å². The first-order chi connectivity index (χ1) is 10.1. The summed E-state index contributed by atoms with van der Waals surface area (Å²) in [5.74, 6) is 0. The van der Waals surface area contributed by atoms with E-state index in [4.69, 9.17) is 4.74 Å². The minimum absolute atomic E-state index is 0.0690.